The summed E-state index contributed by atoms with van der Waals surface area (Å²) in [6, 6.07) is -1.11. The van der Waals surface area contributed by atoms with Crippen LogP contribution in [0.5, 0.6) is 0 Å². The van der Waals surface area contributed by atoms with Crippen LogP contribution < -0.4 is 5.32 Å². The van der Waals surface area contributed by atoms with Crippen molar-refractivity contribution < 1.29 is 19.4 Å². The molecule has 8 heteroatoms. The third kappa shape index (κ3) is 7.62. The van der Waals surface area contributed by atoms with E-state index in [4.69, 9.17) is 39.9 Å². The summed E-state index contributed by atoms with van der Waals surface area (Å²) in [5.74, 6) is -1.20. The molecule has 0 aliphatic rings. The molecule has 5 nitrogen and oxygen atoms in total. The Kier molecular flexibility index (Phi) is 6.55. The summed E-state index contributed by atoms with van der Waals surface area (Å²) in [5, 5.41) is 10.8. The minimum atomic E-state index is -1.73. The van der Waals surface area contributed by atoms with Gasteiger partial charge in [0.2, 0.25) is 3.79 Å². The van der Waals surface area contributed by atoms with E-state index in [1.54, 1.807) is 0 Å². The van der Waals surface area contributed by atoms with E-state index in [2.05, 4.69) is 16.6 Å². The molecule has 0 spiro atoms. The van der Waals surface area contributed by atoms with Crippen molar-refractivity contribution in [2.45, 2.75) is 16.3 Å². The van der Waals surface area contributed by atoms with Gasteiger partial charge in [0.1, 0.15) is 12.6 Å². The Morgan fingerprint density at radius 2 is 2.06 bits per heavy atom. The summed E-state index contributed by atoms with van der Waals surface area (Å²) in [5.41, 5.74) is 0. The molecule has 0 rings (SSSR count). The van der Waals surface area contributed by atoms with Gasteiger partial charge in [0, 0.05) is 0 Å². The number of carbonyl (C=O) groups is 2. The molecule has 16 heavy (non-hydrogen) atoms. The second kappa shape index (κ2) is 6.83. The first-order chi connectivity index (χ1) is 7.26. The zero-order valence-electron chi connectivity index (χ0n) is 8.08. The molecule has 0 aromatic carbocycles. The lowest BCUT2D eigenvalue weighted by molar-refractivity contribution is -0.139. The monoisotopic (exact) mass is 289 g/mol. The SMILES string of the molecule is C=CC[C@H](NC(=O)OCC(Cl)(Cl)Cl)C(=O)O. The topological polar surface area (TPSA) is 75.6 Å². The standard InChI is InChI=1S/C8H10Cl3NO4/c1-2-3-5(6(13)14)12-7(15)16-4-8(9,10)11/h2,5H,1,3-4H2,(H,12,15)(H,13,14)/t5-/m0/s1. The van der Waals surface area contributed by atoms with Crippen LogP contribution in [0.15, 0.2) is 12.7 Å². The number of halogens is 3. The number of alkyl halides is 3. The second-order valence-corrected chi connectivity index (χ2v) is 5.27. The number of carboxylic acid groups (broad SMARTS) is 1. The lowest BCUT2D eigenvalue weighted by Crippen LogP contribution is -2.41. The number of aliphatic carboxylic acids is 1. The normalized spacial score (nSPS) is 12.7. The van der Waals surface area contributed by atoms with Crippen LogP contribution in [0.1, 0.15) is 6.42 Å². The fourth-order valence-electron chi connectivity index (χ4n) is 0.719. The molecular weight excluding hydrogens is 280 g/mol. The first-order valence-corrected chi connectivity index (χ1v) is 5.23. The number of hydrogen-bond acceptors (Lipinski definition) is 3. The van der Waals surface area contributed by atoms with Crippen LogP contribution in [0.2, 0.25) is 0 Å². The lowest BCUT2D eigenvalue weighted by Gasteiger charge is -2.15. The van der Waals surface area contributed by atoms with Crippen molar-refractivity contribution in [3.63, 3.8) is 0 Å². The molecule has 0 aliphatic carbocycles. The van der Waals surface area contributed by atoms with Crippen molar-refractivity contribution in [1.82, 2.24) is 5.32 Å². The van der Waals surface area contributed by atoms with E-state index in [0.29, 0.717) is 0 Å². The highest BCUT2D eigenvalue weighted by Gasteiger charge is 2.24. The Hall–Kier alpha value is -0.650. The van der Waals surface area contributed by atoms with Gasteiger partial charge in [0.25, 0.3) is 0 Å². The molecule has 0 unspecified atom stereocenters. The number of carboxylic acids is 1. The fourth-order valence-corrected chi connectivity index (χ4v) is 0.883. The third-order valence-corrected chi connectivity index (χ3v) is 1.69. The van der Waals surface area contributed by atoms with Crippen LogP contribution in [-0.2, 0) is 9.53 Å². The van der Waals surface area contributed by atoms with Crippen molar-refractivity contribution in [2.24, 2.45) is 0 Å². The van der Waals surface area contributed by atoms with Gasteiger partial charge < -0.3 is 15.2 Å². The van der Waals surface area contributed by atoms with Crippen LogP contribution in [0.25, 0.3) is 0 Å². The van der Waals surface area contributed by atoms with Gasteiger partial charge in [-0.3, -0.25) is 0 Å². The van der Waals surface area contributed by atoms with E-state index in [-0.39, 0.29) is 6.42 Å². The van der Waals surface area contributed by atoms with E-state index in [0.717, 1.165) is 0 Å². The first-order valence-electron chi connectivity index (χ1n) is 4.10. The second-order valence-electron chi connectivity index (χ2n) is 2.75. The maximum atomic E-state index is 11.1. The van der Waals surface area contributed by atoms with Gasteiger partial charge in [0.15, 0.2) is 0 Å². The van der Waals surface area contributed by atoms with Crippen molar-refractivity contribution in [2.75, 3.05) is 6.61 Å². The smallest absolute Gasteiger partial charge is 0.408 e. The van der Waals surface area contributed by atoms with Gasteiger partial charge >= 0.3 is 12.1 Å². The number of hydrogen-bond donors (Lipinski definition) is 2. The van der Waals surface area contributed by atoms with E-state index in [9.17, 15) is 9.59 Å². The Balaban J connectivity index is 4.10. The molecule has 2 N–H and O–H groups in total. The summed E-state index contributed by atoms with van der Waals surface area (Å²) in [6.07, 6.45) is 0.451. The van der Waals surface area contributed by atoms with Crippen molar-refractivity contribution >= 4 is 46.9 Å². The number of alkyl carbamates (subject to hydrolysis) is 1. The minimum Gasteiger partial charge on any atom is -0.480 e. The van der Waals surface area contributed by atoms with Crippen LogP contribution in [0, 0.1) is 0 Å². The summed E-state index contributed by atoms with van der Waals surface area (Å²) in [7, 11) is 0. The Labute approximate surface area is 107 Å². The quantitative estimate of drug-likeness (QED) is 0.600. The first kappa shape index (κ1) is 15.3. The number of carbonyl (C=O) groups excluding carboxylic acids is 1. The zero-order valence-corrected chi connectivity index (χ0v) is 10.3. The van der Waals surface area contributed by atoms with Gasteiger partial charge in [-0.25, -0.2) is 9.59 Å². The molecule has 0 aliphatic heterocycles. The van der Waals surface area contributed by atoms with E-state index < -0.39 is 28.5 Å². The molecule has 0 radical (unpaired) electrons. The molecular formula is C8H10Cl3NO4. The van der Waals surface area contributed by atoms with Gasteiger partial charge in [-0.05, 0) is 6.42 Å². The summed E-state index contributed by atoms with van der Waals surface area (Å²) >= 11 is 16.0. The maximum absolute atomic E-state index is 11.1. The molecule has 92 valence electrons. The number of ether oxygens (including phenoxy) is 1. The van der Waals surface area contributed by atoms with Crippen LogP contribution >= 0.6 is 34.8 Å². The molecule has 0 saturated heterocycles. The van der Waals surface area contributed by atoms with Crippen molar-refractivity contribution in [1.29, 1.82) is 0 Å². The molecule has 0 aromatic heterocycles. The molecule has 0 fully saturated rings. The molecule has 1 amide bonds. The largest absolute Gasteiger partial charge is 0.480 e. The molecule has 0 heterocycles. The van der Waals surface area contributed by atoms with Gasteiger partial charge in [0.05, 0.1) is 0 Å². The molecule has 0 saturated carbocycles. The summed E-state index contributed by atoms with van der Waals surface area (Å²) < 4.78 is 2.76. The Bertz CT molecular complexity index is 277. The molecule has 0 aromatic rings. The van der Waals surface area contributed by atoms with Crippen LogP contribution in [-0.4, -0.2) is 33.6 Å². The number of amides is 1. The Morgan fingerprint density at radius 1 is 1.50 bits per heavy atom. The fraction of sp³-hybridized carbons (Fsp3) is 0.500. The molecule has 0 bridgehead atoms. The highest BCUT2D eigenvalue weighted by atomic mass is 35.6. The van der Waals surface area contributed by atoms with Gasteiger partial charge in [-0.1, -0.05) is 40.9 Å². The maximum Gasteiger partial charge on any atom is 0.408 e. The van der Waals surface area contributed by atoms with Crippen LogP contribution in [0.3, 0.4) is 0 Å². The highest BCUT2D eigenvalue weighted by molar-refractivity contribution is 6.67. The minimum absolute atomic E-state index is 0.0677. The van der Waals surface area contributed by atoms with E-state index >= 15 is 0 Å². The van der Waals surface area contributed by atoms with Gasteiger partial charge in [-0.15, -0.1) is 6.58 Å². The average Bonchev–Trinajstić information content (AvgIpc) is 2.13. The predicted molar refractivity (Wildman–Crippen MR) is 61.0 cm³/mol. The van der Waals surface area contributed by atoms with Crippen LogP contribution in [0.4, 0.5) is 4.79 Å². The number of nitrogens with one attached hydrogen (secondary N) is 1. The summed E-state index contributed by atoms with van der Waals surface area (Å²) in [6.45, 7) is 2.89. The average molecular weight is 291 g/mol. The van der Waals surface area contributed by atoms with Crippen molar-refractivity contribution in [3.8, 4) is 0 Å². The molecule has 1 atom stereocenters. The number of rotatable bonds is 5. The van der Waals surface area contributed by atoms with E-state index in [1.807, 2.05) is 0 Å². The Morgan fingerprint density at radius 3 is 2.44 bits per heavy atom. The van der Waals surface area contributed by atoms with Gasteiger partial charge in [-0.2, -0.15) is 0 Å². The lowest BCUT2D eigenvalue weighted by atomic mass is 10.2. The predicted octanol–water partition coefficient (Wildman–Crippen LogP) is 2.11. The highest BCUT2D eigenvalue weighted by Crippen LogP contribution is 2.25. The van der Waals surface area contributed by atoms with Crippen molar-refractivity contribution in [3.05, 3.63) is 12.7 Å². The zero-order chi connectivity index (χ0) is 12.8. The third-order valence-electron chi connectivity index (χ3n) is 1.36. The van der Waals surface area contributed by atoms with E-state index in [1.165, 1.54) is 6.08 Å². The summed E-state index contributed by atoms with van der Waals surface area (Å²) in [4.78, 5) is 21.7.